The van der Waals surface area contributed by atoms with Crippen LogP contribution in [0.2, 0.25) is 0 Å². The van der Waals surface area contributed by atoms with Crippen molar-refractivity contribution in [3.8, 4) is 22.6 Å². The number of nitrogens with one attached hydrogen (secondary N) is 1. The molecular weight excluding hydrogens is 434 g/mol. The van der Waals surface area contributed by atoms with Crippen LogP contribution in [0.15, 0.2) is 29.9 Å². The summed E-state index contributed by atoms with van der Waals surface area (Å²) in [7, 11) is 0. The summed E-state index contributed by atoms with van der Waals surface area (Å²) in [6, 6.07) is 6.40. The van der Waals surface area contributed by atoms with Gasteiger partial charge in [-0.25, -0.2) is 14.6 Å². The van der Waals surface area contributed by atoms with Crippen molar-refractivity contribution < 1.29 is 4.79 Å². The Morgan fingerprint density at radius 2 is 2.03 bits per heavy atom. The van der Waals surface area contributed by atoms with Crippen molar-refractivity contribution in [2.45, 2.75) is 58.5 Å². The molecule has 4 heterocycles. The Morgan fingerprint density at radius 1 is 1.27 bits per heavy atom. The van der Waals surface area contributed by atoms with E-state index in [-0.39, 0.29) is 18.0 Å². The van der Waals surface area contributed by atoms with E-state index >= 15 is 0 Å². The number of nitrogens with zero attached hydrogens (tertiary/aromatic N) is 6. The lowest BCUT2D eigenvalue weighted by molar-refractivity contribution is 0.0560. The molecule has 1 N–H and O–H groups in total. The zero-order valence-corrected chi connectivity index (χ0v) is 20.3. The van der Waals surface area contributed by atoms with Crippen LogP contribution in [0.4, 0.5) is 0 Å². The largest absolute Gasteiger partial charge is 0.332 e. The van der Waals surface area contributed by atoms with E-state index in [0.29, 0.717) is 33.7 Å². The minimum absolute atomic E-state index is 0.0664. The number of piperidine rings is 1. The lowest BCUT2D eigenvalue weighted by atomic mass is 10.0. The maximum atomic E-state index is 13.3. The van der Waals surface area contributed by atoms with Gasteiger partial charge in [0.05, 0.1) is 6.20 Å². The zero-order chi connectivity index (χ0) is 23.5. The number of thiazole rings is 1. The summed E-state index contributed by atoms with van der Waals surface area (Å²) < 4.78 is 1.59. The van der Waals surface area contributed by atoms with E-state index < -0.39 is 0 Å². The first kappa shape index (κ1) is 23.1. The molecule has 0 atom stereocenters. The molecular formula is C24H29N7OS. The van der Waals surface area contributed by atoms with Crippen molar-refractivity contribution in [3.63, 3.8) is 0 Å². The van der Waals surface area contributed by atoms with Crippen LogP contribution in [0, 0.1) is 11.3 Å². The van der Waals surface area contributed by atoms with Gasteiger partial charge in [0.1, 0.15) is 28.0 Å². The second-order valence-corrected chi connectivity index (χ2v) is 9.74. The first-order chi connectivity index (χ1) is 15.9. The van der Waals surface area contributed by atoms with Gasteiger partial charge in [-0.15, -0.1) is 11.3 Å². The van der Waals surface area contributed by atoms with Crippen molar-refractivity contribution in [1.29, 1.82) is 5.26 Å². The molecule has 1 amide bonds. The Morgan fingerprint density at radius 3 is 2.64 bits per heavy atom. The van der Waals surface area contributed by atoms with Gasteiger partial charge in [0.15, 0.2) is 5.82 Å². The monoisotopic (exact) mass is 463 g/mol. The molecule has 1 aliphatic heterocycles. The minimum Gasteiger partial charge on any atom is -0.332 e. The maximum absolute atomic E-state index is 13.3. The average Bonchev–Trinajstić information content (AvgIpc) is 3.47. The molecule has 0 saturated carbocycles. The van der Waals surface area contributed by atoms with Crippen molar-refractivity contribution in [2.75, 3.05) is 13.1 Å². The number of amides is 1. The molecule has 4 rings (SSSR count). The standard InChI is InChI=1S/C24H29N7OS/c1-15(2)17-5-6-21(27-12-17)30-13-18(11-25)22(29-30)23-28-20(14-33-23)24(32)31(16(3)4)19-7-9-26-10-8-19/h5-6,12-16,19,26H,7-10H2,1-4H3. The Labute approximate surface area is 198 Å². The van der Waals surface area contributed by atoms with E-state index in [1.54, 1.807) is 16.3 Å². The van der Waals surface area contributed by atoms with Crippen molar-refractivity contribution >= 4 is 17.2 Å². The first-order valence-corrected chi connectivity index (χ1v) is 12.2. The predicted octanol–water partition coefficient (Wildman–Crippen LogP) is 3.99. The lowest BCUT2D eigenvalue weighted by Crippen LogP contribution is -2.49. The van der Waals surface area contributed by atoms with E-state index in [2.05, 4.69) is 40.3 Å². The number of pyridine rings is 1. The fraction of sp³-hybridized carbons (Fsp3) is 0.458. The molecule has 0 aromatic carbocycles. The summed E-state index contributed by atoms with van der Waals surface area (Å²) in [6.45, 7) is 10.1. The molecule has 0 spiro atoms. The van der Waals surface area contributed by atoms with Crippen LogP contribution in [-0.4, -0.2) is 55.7 Å². The van der Waals surface area contributed by atoms with Gasteiger partial charge in [0.2, 0.25) is 0 Å². The molecule has 172 valence electrons. The van der Waals surface area contributed by atoms with Crippen molar-refractivity contribution in [1.82, 2.24) is 30.0 Å². The quantitative estimate of drug-likeness (QED) is 0.593. The maximum Gasteiger partial charge on any atom is 0.273 e. The fourth-order valence-corrected chi connectivity index (χ4v) is 4.92. The van der Waals surface area contributed by atoms with Crippen LogP contribution in [0.1, 0.15) is 68.1 Å². The number of aromatic nitrogens is 4. The van der Waals surface area contributed by atoms with Crippen LogP contribution in [0.5, 0.6) is 0 Å². The SMILES string of the molecule is CC(C)c1ccc(-n2cc(C#N)c(-c3nc(C(=O)N(C(C)C)C4CCNCC4)cs3)n2)nc1. The minimum atomic E-state index is -0.0664. The molecule has 9 heteroatoms. The van der Waals surface area contributed by atoms with Crippen LogP contribution in [0.25, 0.3) is 16.5 Å². The van der Waals surface area contributed by atoms with Crippen LogP contribution in [0.3, 0.4) is 0 Å². The number of hydrogen-bond acceptors (Lipinski definition) is 7. The second-order valence-electron chi connectivity index (χ2n) is 8.88. The van der Waals surface area contributed by atoms with E-state index in [4.69, 9.17) is 0 Å². The summed E-state index contributed by atoms with van der Waals surface area (Å²) in [6.07, 6.45) is 5.36. The summed E-state index contributed by atoms with van der Waals surface area (Å²) in [4.78, 5) is 24.4. The molecule has 1 aliphatic rings. The molecule has 0 radical (unpaired) electrons. The van der Waals surface area contributed by atoms with Gasteiger partial charge < -0.3 is 10.2 Å². The fourth-order valence-electron chi connectivity index (χ4n) is 4.13. The van der Waals surface area contributed by atoms with Gasteiger partial charge in [-0.2, -0.15) is 10.4 Å². The molecule has 8 nitrogen and oxygen atoms in total. The summed E-state index contributed by atoms with van der Waals surface area (Å²) in [5.41, 5.74) is 2.41. The van der Waals surface area contributed by atoms with E-state index in [1.807, 2.05) is 37.1 Å². The predicted molar refractivity (Wildman–Crippen MR) is 128 cm³/mol. The van der Waals surface area contributed by atoms with Crippen molar-refractivity contribution in [2.24, 2.45) is 0 Å². The van der Waals surface area contributed by atoms with E-state index in [0.717, 1.165) is 31.5 Å². The van der Waals surface area contributed by atoms with Crippen LogP contribution in [-0.2, 0) is 0 Å². The van der Waals surface area contributed by atoms with E-state index in [1.165, 1.54) is 11.3 Å². The third kappa shape index (κ3) is 4.82. The van der Waals surface area contributed by atoms with E-state index in [9.17, 15) is 10.1 Å². The number of hydrogen-bond donors (Lipinski definition) is 1. The summed E-state index contributed by atoms with van der Waals surface area (Å²) >= 11 is 1.33. The molecule has 1 fully saturated rings. The molecule has 1 saturated heterocycles. The van der Waals surface area contributed by atoms with Gasteiger partial charge in [0.25, 0.3) is 5.91 Å². The smallest absolute Gasteiger partial charge is 0.273 e. The van der Waals surface area contributed by atoms with Crippen molar-refractivity contribution in [3.05, 3.63) is 46.7 Å². The highest BCUT2D eigenvalue weighted by Gasteiger charge is 2.30. The Balaban J connectivity index is 1.61. The zero-order valence-electron chi connectivity index (χ0n) is 19.4. The second kappa shape index (κ2) is 9.81. The third-order valence-electron chi connectivity index (χ3n) is 5.93. The van der Waals surface area contributed by atoms with Crippen LogP contribution < -0.4 is 5.32 Å². The van der Waals surface area contributed by atoms with Gasteiger partial charge in [0, 0.05) is 23.7 Å². The molecule has 3 aromatic rings. The van der Waals surface area contributed by atoms with Gasteiger partial charge >= 0.3 is 0 Å². The van der Waals surface area contributed by atoms with Gasteiger partial charge in [-0.3, -0.25) is 4.79 Å². The molecule has 0 aliphatic carbocycles. The average molecular weight is 464 g/mol. The normalized spacial score (nSPS) is 14.6. The number of carbonyl (C=O) groups is 1. The number of rotatable bonds is 6. The van der Waals surface area contributed by atoms with Crippen LogP contribution >= 0.6 is 11.3 Å². The molecule has 0 unspecified atom stereocenters. The number of nitriles is 1. The number of carbonyl (C=O) groups excluding carboxylic acids is 1. The Bertz CT molecular complexity index is 1150. The third-order valence-corrected chi connectivity index (χ3v) is 6.77. The molecule has 33 heavy (non-hydrogen) atoms. The summed E-state index contributed by atoms with van der Waals surface area (Å²) in [5.74, 6) is 0.950. The lowest BCUT2D eigenvalue weighted by Gasteiger charge is -2.37. The molecule has 0 bridgehead atoms. The van der Waals surface area contributed by atoms with Gasteiger partial charge in [-0.1, -0.05) is 19.9 Å². The highest BCUT2D eigenvalue weighted by atomic mass is 32.1. The summed E-state index contributed by atoms with van der Waals surface area (Å²) in [5, 5.41) is 19.9. The van der Waals surface area contributed by atoms with Gasteiger partial charge in [-0.05, 0) is 57.3 Å². The Kier molecular flexibility index (Phi) is 6.86. The molecule has 3 aromatic heterocycles. The highest BCUT2D eigenvalue weighted by Crippen LogP contribution is 2.28. The highest BCUT2D eigenvalue weighted by molar-refractivity contribution is 7.13. The topological polar surface area (TPSA) is 99.7 Å². The first-order valence-electron chi connectivity index (χ1n) is 11.3. The Hall–Kier alpha value is -3.09.